The average Bonchev–Trinajstić information content (AvgIpc) is 2.29. The minimum Gasteiger partial charge on any atom is -0.493 e. The lowest BCUT2D eigenvalue weighted by atomic mass is 10.2. The maximum atomic E-state index is 11.1. The Kier molecular flexibility index (Phi) is 4.62. The molecule has 0 N–H and O–H groups in total. The van der Waals surface area contributed by atoms with E-state index in [1.807, 2.05) is 13.0 Å². The molecule has 1 aromatic carbocycles. The Labute approximate surface area is 100 Å². The van der Waals surface area contributed by atoms with Crippen LogP contribution in [0, 0.1) is 12.8 Å². The fraction of sp³-hybridized carbons (Fsp3) is 0.417. The van der Waals surface area contributed by atoms with Crippen LogP contribution in [0.3, 0.4) is 0 Å². The second-order valence-electron chi connectivity index (χ2n) is 3.65. The summed E-state index contributed by atoms with van der Waals surface area (Å²) >= 11 is 5.89. The number of methoxy groups -OCH3 is 1. The molecule has 88 valence electrons. The Balaban J connectivity index is 2.55. The van der Waals surface area contributed by atoms with Crippen molar-refractivity contribution in [1.29, 1.82) is 0 Å². The third-order valence-corrected chi connectivity index (χ3v) is 2.66. The number of halogens is 1. The first kappa shape index (κ1) is 12.8. The largest absolute Gasteiger partial charge is 0.493 e. The van der Waals surface area contributed by atoms with E-state index >= 15 is 0 Å². The number of carbonyl (C=O) groups excluding carboxylic acids is 1. The summed E-state index contributed by atoms with van der Waals surface area (Å²) in [5, 5.41) is 0.702. The van der Waals surface area contributed by atoms with Gasteiger partial charge in [0.05, 0.1) is 13.0 Å². The van der Waals surface area contributed by atoms with E-state index in [0.717, 1.165) is 5.56 Å². The zero-order chi connectivity index (χ0) is 12.1. The van der Waals surface area contributed by atoms with Crippen LogP contribution in [0.25, 0.3) is 0 Å². The van der Waals surface area contributed by atoms with Gasteiger partial charge in [-0.05, 0) is 37.6 Å². The number of ether oxygens (including phenoxy) is 2. The zero-order valence-electron chi connectivity index (χ0n) is 9.62. The maximum Gasteiger partial charge on any atom is 0.311 e. The molecule has 16 heavy (non-hydrogen) atoms. The van der Waals surface area contributed by atoms with Gasteiger partial charge >= 0.3 is 5.97 Å². The van der Waals surface area contributed by atoms with Gasteiger partial charge in [-0.15, -0.1) is 0 Å². The smallest absolute Gasteiger partial charge is 0.311 e. The van der Waals surface area contributed by atoms with Crippen molar-refractivity contribution in [3.8, 4) is 5.75 Å². The first-order valence-electron chi connectivity index (χ1n) is 5.01. The molecule has 0 spiro atoms. The second-order valence-corrected chi connectivity index (χ2v) is 4.05. The van der Waals surface area contributed by atoms with Gasteiger partial charge in [-0.25, -0.2) is 0 Å². The first-order valence-corrected chi connectivity index (χ1v) is 5.39. The van der Waals surface area contributed by atoms with E-state index in [1.54, 1.807) is 19.1 Å². The number of rotatable bonds is 4. The molecule has 0 aliphatic rings. The summed E-state index contributed by atoms with van der Waals surface area (Å²) in [4.78, 5) is 11.1. The van der Waals surface area contributed by atoms with Gasteiger partial charge in [-0.1, -0.05) is 11.6 Å². The van der Waals surface area contributed by atoms with E-state index in [0.29, 0.717) is 17.4 Å². The molecule has 4 heteroatoms. The van der Waals surface area contributed by atoms with Crippen LogP contribution in [0.1, 0.15) is 12.5 Å². The summed E-state index contributed by atoms with van der Waals surface area (Å²) in [6, 6.07) is 5.39. The first-order chi connectivity index (χ1) is 7.54. The standard InChI is InChI=1S/C12H15ClO3/c1-8-6-10(4-5-11(8)13)16-7-9(2)12(14)15-3/h4-6,9H,7H2,1-3H3. The van der Waals surface area contributed by atoms with Gasteiger partial charge in [0.15, 0.2) is 0 Å². The van der Waals surface area contributed by atoms with Crippen molar-refractivity contribution in [3.63, 3.8) is 0 Å². The van der Waals surface area contributed by atoms with Gasteiger partial charge in [-0.3, -0.25) is 4.79 Å². The summed E-state index contributed by atoms with van der Waals surface area (Å²) in [6.45, 7) is 3.96. The third kappa shape index (κ3) is 3.42. The number of hydrogen-bond acceptors (Lipinski definition) is 3. The monoisotopic (exact) mass is 242 g/mol. The van der Waals surface area contributed by atoms with Gasteiger partial charge in [-0.2, -0.15) is 0 Å². The molecule has 0 amide bonds. The van der Waals surface area contributed by atoms with Crippen LogP contribution in [0.4, 0.5) is 0 Å². The average molecular weight is 243 g/mol. The topological polar surface area (TPSA) is 35.5 Å². The quantitative estimate of drug-likeness (QED) is 0.762. The van der Waals surface area contributed by atoms with Crippen LogP contribution in [-0.2, 0) is 9.53 Å². The van der Waals surface area contributed by atoms with Crippen LogP contribution in [0.2, 0.25) is 5.02 Å². The van der Waals surface area contributed by atoms with Crippen molar-refractivity contribution >= 4 is 17.6 Å². The summed E-state index contributed by atoms with van der Waals surface area (Å²) in [5.74, 6) is 0.157. The van der Waals surface area contributed by atoms with E-state index in [4.69, 9.17) is 16.3 Å². The molecular formula is C12H15ClO3. The highest BCUT2D eigenvalue weighted by atomic mass is 35.5. The fourth-order valence-corrected chi connectivity index (χ4v) is 1.31. The second kappa shape index (κ2) is 5.75. The number of carbonyl (C=O) groups is 1. The van der Waals surface area contributed by atoms with Crippen LogP contribution in [0.5, 0.6) is 5.75 Å². The highest BCUT2D eigenvalue weighted by Gasteiger charge is 2.13. The Morgan fingerprint density at radius 3 is 2.75 bits per heavy atom. The molecule has 0 saturated heterocycles. The molecule has 0 fully saturated rings. The Morgan fingerprint density at radius 1 is 1.50 bits per heavy atom. The van der Waals surface area contributed by atoms with E-state index in [1.165, 1.54) is 7.11 Å². The van der Waals surface area contributed by atoms with Crippen LogP contribution in [-0.4, -0.2) is 19.7 Å². The summed E-state index contributed by atoms with van der Waals surface area (Å²) in [6.07, 6.45) is 0. The molecule has 0 heterocycles. The lowest BCUT2D eigenvalue weighted by Gasteiger charge is -2.11. The highest BCUT2D eigenvalue weighted by molar-refractivity contribution is 6.31. The highest BCUT2D eigenvalue weighted by Crippen LogP contribution is 2.21. The lowest BCUT2D eigenvalue weighted by Crippen LogP contribution is -2.19. The molecule has 0 aliphatic carbocycles. The van der Waals surface area contributed by atoms with Gasteiger partial charge in [0.2, 0.25) is 0 Å². The SMILES string of the molecule is COC(=O)C(C)COc1ccc(Cl)c(C)c1. The summed E-state index contributed by atoms with van der Waals surface area (Å²) in [7, 11) is 1.37. The van der Waals surface area contributed by atoms with E-state index in [2.05, 4.69) is 4.74 Å². The number of aryl methyl sites for hydroxylation is 1. The molecule has 1 unspecified atom stereocenters. The predicted molar refractivity (Wildman–Crippen MR) is 62.9 cm³/mol. The number of benzene rings is 1. The third-order valence-electron chi connectivity index (χ3n) is 2.23. The van der Waals surface area contributed by atoms with Crippen LogP contribution in [0.15, 0.2) is 18.2 Å². The van der Waals surface area contributed by atoms with Crippen molar-refractivity contribution in [2.75, 3.05) is 13.7 Å². The molecule has 0 radical (unpaired) electrons. The molecule has 1 aromatic rings. The molecule has 0 aliphatic heterocycles. The van der Waals surface area contributed by atoms with Gasteiger partial charge in [0, 0.05) is 5.02 Å². The van der Waals surface area contributed by atoms with E-state index in [9.17, 15) is 4.79 Å². The Bertz CT molecular complexity index is 377. The van der Waals surface area contributed by atoms with Gasteiger partial charge < -0.3 is 9.47 Å². The van der Waals surface area contributed by atoms with Crippen LogP contribution < -0.4 is 4.74 Å². The number of hydrogen-bond donors (Lipinski definition) is 0. The minimum absolute atomic E-state index is 0.273. The lowest BCUT2D eigenvalue weighted by molar-refractivity contribution is -0.145. The molecule has 1 rings (SSSR count). The zero-order valence-corrected chi connectivity index (χ0v) is 10.4. The van der Waals surface area contributed by atoms with Crippen molar-refractivity contribution in [1.82, 2.24) is 0 Å². The van der Waals surface area contributed by atoms with E-state index in [-0.39, 0.29) is 11.9 Å². The fourth-order valence-electron chi connectivity index (χ4n) is 1.20. The molecular weight excluding hydrogens is 228 g/mol. The van der Waals surface area contributed by atoms with Crippen molar-refractivity contribution < 1.29 is 14.3 Å². The predicted octanol–water partition coefficient (Wildman–Crippen LogP) is 2.84. The minimum atomic E-state index is -0.277. The molecule has 0 bridgehead atoms. The molecule has 1 atom stereocenters. The van der Waals surface area contributed by atoms with Crippen molar-refractivity contribution in [3.05, 3.63) is 28.8 Å². The maximum absolute atomic E-state index is 11.1. The summed E-state index contributed by atoms with van der Waals surface area (Å²) < 4.78 is 10.1. The van der Waals surface area contributed by atoms with Gasteiger partial charge in [0.1, 0.15) is 12.4 Å². The van der Waals surface area contributed by atoms with Crippen molar-refractivity contribution in [2.45, 2.75) is 13.8 Å². The summed E-state index contributed by atoms with van der Waals surface area (Å²) in [5.41, 5.74) is 0.949. The normalized spacial score (nSPS) is 12.0. The molecule has 0 aromatic heterocycles. The Hall–Kier alpha value is -1.22. The van der Waals surface area contributed by atoms with Gasteiger partial charge in [0.25, 0.3) is 0 Å². The molecule has 3 nitrogen and oxygen atoms in total. The molecule has 0 saturated carbocycles. The van der Waals surface area contributed by atoms with Crippen molar-refractivity contribution in [2.24, 2.45) is 5.92 Å². The Morgan fingerprint density at radius 2 is 2.19 bits per heavy atom. The number of esters is 1. The van der Waals surface area contributed by atoms with Crippen LogP contribution >= 0.6 is 11.6 Å². The van der Waals surface area contributed by atoms with E-state index < -0.39 is 0 Å².